The molecule has 0 saturated heterocycles. The molecule has 0 bridgehead atoms. The van der Waals surface area contributed by atoms with Crippen LogP contribution in [0.3, 0.4) is 0 Å². The predicted octanol–water partition coefficient (Wildman–Crippen LogP) is 4.50. The number of aryl methyl sites for hydroxylation is 2. The van der Waals surface area contributed by atoms with Crippen LogP contribution in [0.5, 0.6) is 0 Å². The van der Waals surface area contributed by atoms with Crippen molar-refractivity contribution in [3.05, 3.63) is 15.6 Å². The molecule has 2 unspecified atom stereocenters. The minimum atomic E-state index is 0.468. The lowest BCUT2D eigenvalue weighted by Gasteiger charge is -2.23. The van der Waals surface area contributed by atoms with Gasteiger partial charge in [0.05, 0.1) is 11.7 Å². The Morgan fingerprint density at radius 1 is 1.21 bits per heavy atom. The van der Waals surface area contributed by atoms with Crippen molar-refractivity contribution < 1.29 is 0 Å². The summed E-state index contributed by atoms with van der Waals surface area (Å²) >= 11 is 1.97. The van der Waals surface area contributed by atoms with Crippen molar-refractivity contribution >= 4 is 11.3 Å². The summed E-state index contributed by atoms with van der Waals surface area (Å²) in [6.07, 6.45) is 8.88. The highest BCUT2D eigenvalue weighted by molar-refractivity contribution is 7.11. The number of hydrogen-bond donors (Lipinski definition) is 1. The molecule has 3 heteroatoms. The van der Waals surface area contributed by atoms with E-state index in [2.05, 4.69) is 26.1 Å². The summed E-state index contributed by atoms with van der Waals surface area (Å²) in [5.74, 6) is 0.684. The molecule has 2 nitrogen and oxygen atoms in total. The first-order valence-corrected chi connectivity index (χ1v) is 8.79. The summed E-state index contributed by atoms with van der Waals surface area (Å²) in [5, 5.41) is 5.08. The SMILES string of the molecule is CCCNC(c1nc2c(s1)CCCC2)C(C)CCC. The van der Waals surface area contributed by atoms with Crippen molar-refractivity contribution in [3.8, 4) is 0 Å². The Bertz CT molecular complexity index is 363. The molecule has 19 heavy (non-hydrogen) atoms. The van der Waals surface area contributed by atoms with Crippen molar-refractivity contribution in [2.24, 2.45) is 5.92 Å². The summed E-state index contributed by atoms with van der Waals surface area (Å²) < 4.78 is 0. The van der Waals surface area contributed by atoms with Crippen LogP contribution in [0.2, 0.25) is 0 Å². The van der Waals surface area contributed by atoms with Crippen molar-refractivity contribution in [2.75, 3.05) is 6.54 Å². The van der Waals surface area contributed by atoms with E-state index in [9.17, 15) is 0 Å². The molecule has 0 fully saturated rings. The quantitative estimate of drug-likeness (QED) is 0.795. The Balaban J connectivity index is 2.14. The number of nitrogens with zero attached hydrogens (tertiary/aromatic N) is 1. The first-order valence-electron chi connectivity index (χ1n) is 7.98. The van der Waals surface area contributed by atoms with E-state index in [4.69, 9.17) is 4.98 Å². The van der Waals surface area contributed by atoms with Gasteiger partial charge in [-0.15, -0.1) is 11.3 Å². The first kappa shape index (κ1) is 15.0. The van der Waals surface area contributed by atoms with Crippen LogP contribution >= 0.6 is 11.3 Å². The molecule has 0 aliphatic heterocycles. The maximum absolute atomic E-state index is 4.96. The fourth-order valence-corrected chi connectivity index (χ4v) is 4.32. The second-order valence-corrected chi connectivity index (χ2v) is 6.94. The topological polar surface area (TPSA) is 24.9 Å². The molecule has 1 aromatic heterocycles. The zero-order valence-electron chi connectivity index (χ0n) is 12.7. The van der Waals surface area contributed by atoms with Crippen LogP contribution in [0.4, 0.5) is 0 Å². The van der Waals surface area contributed by atoms with E-state index in [1.54, 1.807) is 4.88 Å². The summed E-state index contributed by atoms with van der Waals surface area (Å²) in [4.78, 5) is 6.53. The Morgan fingerprint density at radius 2 is 2.00 bits per heavy atom. The largest absolute Gasteiger partial charge is 0.308 e. The van der Waals surface area contributed by atoms with Gasteiger partial charge < -0.3 is 5.32 Å². The van der Waals surface area contributed by atoms with Crippen molar-refractivity contribution in [1.82, 2.24) is 10.3 Å². The highest BCUT2D eigenvalue weighted by Gasteiger charge is 2.24. The third-order valence-electron chi connectivity index (χ3n) is 4.06. The van der Waals surface area contributed by atoms with E-state index in [-0.39, 0.29) is 0 Å². The van der Waals surface area contributed by atoms with Crippen molar-refractivity contribution in [2.45, 2.75) is 71.8 Å². The minimum Gasteiger partial charge on any atom is -0.308 e. The molecule has 1 aliphatic carbocycles. The number of aromatic nitrogens is 1. The van der Waals surface area contributed by atoms with Gasteiger partial charge in [-0.3, -0.25) is 0 Å². The van der Waals surface area contributed by atoms with Crippen LogP contribution in [-0.2, 0) is 12.8 Å². The number of thiazole rings is 1. The third kappa shape index (κ3) is 3.79. The van der Waals surface area contributed by atoms with Crippen LogP contribution in [0.1, 0.15) is 74.5 Å². The molecule has 2 atom stereocenters. The molecule has 1 N–H and O–H groups in total. The van der Waals surface area contributed by atoms with Gasteiger partial charge in [-0.1, -0.05) is 27.2 Å². The number of nitrogens with one attached hydrogen (secondary N) is 1. The lowest BCUT2D eigenvalue weighted by molar-refractivity contribution is 0.362. The highest BCUT2D eigenvalue weighted by Crippen LogP contribution is 2.33. The highest BCUT2D eigenvalue weighted by atomic mass is 32.1. The lowest BCUT2D eigenvalue weighted by Crippen LogP contribution is -2.27. The van der Waals surface area contributed by atoms with E-state index in [0.717, 1.165) is 6.54 Å². The van der Waals surface area contributed by atoms with Gasteiger partial charge in [0.2, 0.25) is 0 Å². The molecule has 0 spiro atoms. The van der Waals surface area contributed by atoms with Gasteiger partial charge in [-0.05, 0) is 51.0 Å². The second-order valence-electron chi connectivity index (χ2n) is 5.83. The summed E-state index contributed by atoms with van der Waals surface area (Å²) in [5.41, 5.74) is 1.40. The average molecular weight is 280 g/mol. The molecule has 0 aromatic carbocycles. The number of hydrogen-bond acceptors (Lipinski definition) is 3. The van der Waals surface area contributed by atoms with Gasteiger partial charge in [0.15, 0.2) is 0 Å². The summed E-state index contributed by atoms with van der Waals surface area (Å²) in [6, 6.07) is 0.468. The molecular weight excluding hydrogens is 252 g/mol. The van der Waals surface area contributed by atoms with Crippen molar-refractivity contribution in [3.63, 3.8) is 0 Å². The van der Waals surface area contributed by atoms with Crippen LogP contribution in [-0.4, -0.2) is 11.5 Å². The zero-order valence-corrected chi connectivity index (χ0v) is 13.5. The molecule has 1 aliphatic rings. The molecule has 1 aromatic rings. The molecule has 1 heterocycles. The van der Waals surface area contributed by atoms with Gasteiger partial charge in [-0.25, -0.2) is 4.98 Å². The van der Waals surface area contributed by atoms with E-state index < -0.39 is 0 Å². The Kier molecular flexibility index (Phi) is 5.83. The lowest BCUT2D eigenvalue weighted by atomic mass is 9.97. The van der Waals surface area contributed by atoms with Crippen LogP contribution < -0.4 is 5.32 Å². The molecule has 2 rings (SSSR count). The Labute approximate surface area is 122 Å². The summed E-state index contributed by atoms with van der Waals surface area (Å²) in [7, 11) is 0. The molecule has 0 saturated carbocycles. The molecular formula is C16H28N2S. The standard InChI is InChI=1S/C16H28N2S/c1-4-8-12(3)15(17-11-5-2)16-18-13-9-6-7-10-14(13)19-16/h12,15,17H,4-11H2,1-3H3. The maximum atomic E-state index is 4.96. The van der Waals surface area contributed by atoms with Crippen LogP contribution in [0.25, 0.3) is 0 Å². The van der Waals surface area contributed by atoms with E-state index >= 15 is 0 Å². The normalized spacial score (nSPS) is 18.1. The van der Waals surface area contributed by atoms with Gasteiger partial charge >= 0.3 is 0 Å². The zero-order chi connectivity index (χ0) is 13.7. The number of rotatable bonds is 7. The smallest absolute Gasteiger partial charge is 0.110 e. The van der Waals surface area contributed by atoms with Gasteiger partial charge in [0.25, 0.3) is 0 Å². The monoisotopic (exact) mass is 280 g/mol. The fourth-order valence-electron chi connectivity index (χ4n) is 2.96. The predicted molar refractivity (Wildman–Crippen MR) is 83.9 cm³/mol. The Morgan fingerprint density at radius 3 is 2.68 bits per heavy atom. The van der Waals surface area contributed by atoms with Crippen LogP contribution in [0.15, 0.2) is 0 Å². The van der Waals surface area contributed by atoms with Crippen molar-refractivity contribution in [1.29, 1.82) is 0 Å². The maximum Gasteiger partial charge on any atom is 0.110 e. The van der Waals surface area contributed by atoms with E-state index in [1.165, 1.54) is 55.6 Å². The molecule has 108 valence electrons. The fraction of sp³-hybridized carbons (Fsp3) is 0.812. The molecule has 0 amide bonds. The van der Waals surface area contributed by atoms with E-state index in [0.29, 0.717) is 12.0 Å². The van der Waals surface area contributed by atoms with Gasteiger partial charge in [0.1, 0.15) is 5.01 Å². The molecule has 0 radical (unpaired) electrons. The Hall–Kier alpha value is -0.410. The van der Waals surface area contributed by atoms with Gasteiger partial charge in [-0.2, -0.15) is 0 Å². The van der Waals surface area contributed by atoms with Crippen LogP contribution in [0, 0.1) is 5.92 Å². The van der Waals surface area contributed by atoms with E-state index in [1.807, 2.05) is 11.3 Å². The van der Waals surface area contributed by atoms with Gasteiger partial charge in [0, 0.05) is 4.88 Å². The number of fused-ring (bicyclic) bond motifs is 1. The average Bonchev–Trinajstić information content (AvgIpc) is 2.83. The summed E-state index contributed by atoms with van der Waals surface area (Å²) in [6.45, 7) is 7.99. The second kappa shape index (κ2) is 7.39. The third-order valence-corrected chi connectivity index (χ3v) is 5.30. The minimum absolute atomic E-state index is 0.468. The first-order chi connectivity index (χ1) is 9.26.